The van der Waals surface area contributed by atoms with Crippen LogP contribution < -0.4 is 5.73 Å². The van der Waals surface area contributed by atoms with Gasteiger partial charge in [-0.05, 0) is 60.3 Å². The first-order chi connectivity index (χ1) is 11.1. The van der Waals surface area contributed by atoms with E-state index in [1.54, 1.807) is 11.8 Å². The highest BCUT2D eigenvalue weighted by Gasteiger charge is 2.30. The number of H-pyrrole nitrogens is 1. The number of pyridine rings is 1. The highest BCUT2D eigenvalue weighted by Crippen LogP contribution is 2.47. The molecular formula is C18H24N4S. The summed E-state index contributed by atoms with van der Waals surface area (Å²) in [4.78, 5) is 4.70. The van der Waals surface area contributed by atoms with Gasteiger partial charge in [0.2, 0.25) is 0 Å². The normalized spacial score (nSPS) is 14.3. The fraction of sp³-hybridized carbons (Fsp3) is 0.444. The van der Waals surface area contributed by atoms with Gasteiger partial charge < -0.3 is 5.73 Å². The number of anilines is 1. The molecule has 122 valence electrons. The van der Waals surface area contributed by atoms with E-state index in [1.165, 1.54) is 29.5 Å². The van der Waals surface area contributed by atoms with E-state index in [1.807, 2.05) is 18.7 Å². The minimum atomic E-state index is 0.400. The Bertz CT molecular complexity index is 834. The Morgan fingerprint density at radius 1 is 1.22 bits per heavy atom. The number of fused-ring (bicyclic) bond motifs is 2. The predicted molar refractivity (Wildman–Crippen MR) is 101 cm³/mol. The number of benzene rings is 1. The van der Waals surface area contributed by atoms with Gasteiger partial charge in [-0.2, -0.15) is 16.9 Å². The molecule has 1 aliphatic carbocycles. The van der Waals surface area contributed by atoms with E-state index in [4.69, 9.17) is 10.7 Å². The van der Waals surface area contributed by atoms with E-state index in [-0.39, 0.29) is 0 Å². The Hall–Kier alpha value is -1.75. The Morgan fingerprint density at radius 3 is 2.52 bits per heavy atom. The Morgan fingerprint density at radius 2 is 1.91 bits per heavy atom. The molecule has 23 heavy (non-hydrogen) atoms. The molecule has 3 N–H and O–H groups in total. The van der Waals surface area contributed by atoms with Crippen molar-refractivity contribution in [1.82, 2.24) is 15.2 Å². The van der Waals surface area contributed by atoms with Crippen molar-refractivity contribution >= 4 is 39.3 Å². The number of nitrogens with one attached hydrogen (secondary N) is 1. The van der Waals surface area contributed by atoms with Crippen molar-refractivity contribution in [2.24, 2.45) is 0 Å². The maximum atomic E-state index is 6.20. The molecule has 1 aliphatic rings. The summed E-state index contributed by atoms with van der Waals surface area (Å²) in [5.41, 5.74) is 9.79. The highest BCUT2D eigenvalue weighted by molar-refractivity contribution is 7.97. The van der Waals surface area contributed by atoms with Crippen molar-refractivity contribution in [2.45, 2.75) is 38.5 Å². The van der Waals surface area contributed by atoms with Crippen LogP contribution in [0.3, 0.4) is 0 Å². The topological polar surface area (TPSA) is 67.6 Å². The quantitative estimate of drug-likeness (QED) is 0.717. The van der Waals surface area contributed by atoms with Crippen LogP contribution in [0, 0.1) is 0 Å². The smallest absolute Gasteiger partial charge is 0.131 e. The first-order valence-corrected chi connectivity index (χ1v) is 9.66. The highest BCUT2D eigenvalue weighted by atomic mass is 32.2. The first-order valence-electron chi connectivity index (χ1n) is 8.03. The lowest BCUT2D eigenvalue weighted by Crippen LogP contribution is -2.04. The van der Waals surface area contributed by atoms with E-state index in [2.05, 4.69) is 36.2 Å². The number of nitrogen functional groups attached to an aromatic ring is 1. The van der Waals surface area contributed by atoms with Gasteiger partial charge in [-0.3, -0.25) is 5.10 Å². The van der Waals surface area contributed by atoms with Gasteiger partial charge >= 0.3 is 0 Å². The molecule has 1 saturated carbocycles. The molecule has 4 rings (SSSR count). The summed E-state index contributed by atoms with van der Waals surface area (Å²) in [6.45, 7) is 4.38. The zero-order valence-electron chi connectivity index (χ0n) is 14.2. The van der Waals surface area contributed by atoms with Crippen LogP contribution in [0.2, 0.25) is 0 Å². The van der Waals surface area contributed by atoms with Gasteiger partial charge in [-0.25, -0.2) is 4.98 Å². The lowest BCUT2D eigenvalue weighted by Gasteiger charge is -2.16. The number of thioether (sulfide) groups is 1. The van der Waals surface area contributed by atoms with Crippen molar-refractivity contribution in [3.8, 4) is 0 Å². The summed E-state index contributed by atoms with van der Waals surface area (Å²) in [5, 5.41) is 10.6. The summed E-state index contributed by atoms with van der Waals surface area (Å²) in [7, 11) is 0. The molecule has 0 bridgehead atoms. The van der Waals surface area contributed by atoms with Gasteiger partial charge in [0.1, 0.15) is 5.82 Å². The molecule has 0 saturated heterocycles. The Balaban J connectivity index is 0.000000485. The average molecular weight is 328 g/mol. The molecule has 5 heteroatoms. The minimum Gasteiger partial charge on any atom is -0.383 e. The van der Waals surface area contributed by atoms with Gasteiger partial charge in [0.15, 0.2) is 0 Å². The number of nitrogens with zero attached hydrogens (tertiary/aromatic N) is 2. The fourth-order valence-electron chi connectivity index (χ4n) is 3.06. The Kier molecular flexibility index (Phi) is 4.48. The number of hydrogen-bond acceptors (Lipinski definition) is 4. The summed E-state index contributed by atoms with van der Waals surface area (Å²) in [6.07, 6.45) is 8.49. The second-order valence-corrected chi connectivity index (χ2v) is 7.30. The number of aromatic nitrogens is 3. The van der Waals surface area contributed by atoms with Gasteiger partial charge in [0.25, 0.3) is 0 Å². The average Bonchev–Trinajstić information content (AvgIpc) is 3.23. The van der Waals surface area contributed by atoms with Gasteiger partial charge in [-0.1, -0.05) is 13.8 Å². The summed E-state index contributed by atoms with van der Waals surface area (Å²) in [5.74, 6) is 1.69. The van der Waals surface area contributed by atoms with Crippen molar-refractivity contribution in [3.63, 3.8) is 0 Å². The number of rotatable bonds is 2. The molecule has 2 heterocycles. The van der Waals surface area contributed by atoms with Crippen molar-refractivity contribution in [1.29, 1.82) is 0 Å². The van der Waals surface area contributed by atoms with Gasteiger partial charge in [0, 0.05) is 16.5 Å². The van der Waals surface area contributed by atoms with Gasteiger partial charge in [0.05, 0.1) is 11.7 Å². The SMILES string of the molecule is CC(C)c1nc(N)c2cc3[nH]ncc3cc2c1C1CC1.CSC. The lowest BCUT2D eigenvalue weighted by atomic mass is 9.94. The molecule has 0 spiro atoms. The summed E-state index contributed by atoms with van der Waals surface area (Å²) >= 11 is 1.75. The molecule has 3 aromatic rings. The van der Waals surface area contributed by atoms with Crippen LogP contribution in [0.1, 0.15) is 49.8 Å². The molecule has 1 fully saturated rings. The largest absolute Gasteiger partial charge is 0.383 e. The van der Waals surface area contributed by atoms with Crippen molar-refractivity contribution < 1.29 is 0 Å². The van der Waals surface area contributed by atoms with Crippen molar-refractivity contribution in [3.05, 3.63) is 29.6 Å². The zero-order valence-corrected chi connectivity index (χ0v) is 15.0. The minimum absolute atomic E-state index is 0.400. The third-order valence-corrected chi connectivity index (χ3v) is 4.19. The maximum Gasteiger partial charge on any atom is 0.131 e. The van der Waals surface area contributed by atoms with E-state index in [0.717, 1.165) is 16.3 Å². The van der Waals surface area contributed by atoms with E-state index in [9.17, 15) is 0 Å². The number of nitrogens with two attached hydrogens (primary N) is 1. The standard InChI is InChI=1S/C16H18N4.C2H6S/c1-8(2)15-14(9-3-4-9)11-5-10-7-18-20-13(10)6-12(11)16(17)19-15;1-3-2/h5-9H,3-4H2,1-2H3,(H2,17,19)(H,18,20);1-2H3. The molecule has 0 unspecified atom stereocenters. The second-order valence-electron chi connectivity index (χ2n) is 6.49. The van der Waals surface area contributed by atoms with Crippen LogP contribution in [-0.4, -0.2) is 27.7 Å². The van der Waals surface area contributed by atoms with Crippen LogP contribution in [0.4, 0.5) is 5.82 Å². The predicted octanol–water partition coefficient (Wildman–Crippen LogP) is 4.67. The third kappa shape index (κ3) is 3.02. The van der Waals surface area contributed by atoms with Crippen LogP contribution in [0.25, 0.3) is 21.7 Å². The molecule has 0 amide bonds. The third-order valence-electron chi connectivity index (χ3n) is 4.19. The van der Waals surface area contributed by atoms with Crippen molar-refractivity contribution in [2.75, 3.05) is 18.2 Å². The van der Waals surface area contributed by atoms with Crippen LogP contribution in [-0.2, 0) is 0 Å². The first kappa shape index (κ1) is 16.1. The maximum absolute atomic E-state index is 6.20. The number of hydrogen-bond donors (Lipinski definition) is 2. The van der Waals surface area contributed by atoms with E-state index < -0.39 is 0 Å². The molecule has 4 nitrogen and oxygen atoms in total. The molecule has 0 radical (unpaired) electrons. The lowest BCUT2D eigenvalue weighted by molar-refractivity contribution is 0.805. The zero-order chi connectivity index (χ0) is 16.6. The van der Waals surface area contributed by atoms with Crippen LogP contribution in [0.15, 0.2) is 18.3 Å². The molecule has 0 aliphatic heterocycles. The fourth-order valence-corrected chi connectivity index (χ4v) is 3.06. The van der Waals surface area contributed by atoms with Crippen LogP contribution >= 0.6 is 11.8 Å². The van der Waals surface area contributed by atoms with E-state index >= 15 is 0 Å². The molecule has 2 aromatic heterocycles. The summed E-state index contributed by atoms with van der Waals surface area (Å²) in [6, 6.07) is 4.29. The van der Waals surface area contributed by atoms with Gasteiger partial charge in [-0.15, -0.1) is 0 Å². The Labute approximate surface area is 141 Å². The van der Waals surface area contributed by atoms with E-state index in [0.29, 0.717) is 17.7 Å². The van der Waals surface area contributed by atoms with Crippen LogP contribution in [0.5, 0.6) is 0 Å². The molecule has 0 atom stereocenters. The number of aromatic amines is 1. The monoisotopic (exact) mass is 328 g/mol. The summed E-state index contributed by atoms with van der Waals surface area (Å²) < 4.78 is 0. The molecule has 1 aromatic carbocycles. The molecular weight excluding hydrogens is 304 g/mol. The second kappa shape index (κ2) is 6.40.